The molecule has 0 saturated heterocycles. The van der Waals surface area contributed by atoms with E-state index in [0.29, 0.717) is 23.0 Å². The summed E-state index contributed by atoms with van der Waals surface area (Å²) in [5, 5.41) is 19.9. The Morgan fingerprint density at radius 1 is 0.706 bits per heavy atom. The zero-order chi connectivity index (χ0) is 24.2. The Hall–Kier alpha value is -2.62. The molecule has 0 aliphatic heterocycles. The van der Waals surface area contributed by atoms with Crippen molar-refractivity contribution >= 4 is 11.9 Å². The molecule has 2 N–H and O–H groups in total. The van der Waals surface area contributed by atoms with Crippen LogP contribution in [0.4, 0.5) is 0 Å². The van der Waals surface area contributed by atoms with Crippen LogP contribution in [-0.4, -0.2) is 22.2 Å². The van der Waals surface area contributed by atoms with Crippen molar-refractivity contribution in [2.45, 2.75) is 89.9 Å². The average molecular weight is 463 g/mol. The summed E-state index contributed by atoms with van der Waals surface area (Å²) < 4.78 is 0. The third-order valence-electron chi connectivity index (χ3n) is 8.27. The molecule has 0 spiro atoms. The molecule has 0 bridgehead atoms. The molecule has 0 amide bonds. The summed E-state index contributed by atoms with van der Waals surface area (Å²) in [7, 11) is 0. The Kier molecular flexibility index (Phi) is 7.75. The predicted octanol–water partition coefficient (Wildman–Crippen LogP) is 7.46. The van der Waals surface area contributed by atoms with Crippen LogP contribution in [0, 0.1) is 11.8 Å². The van der Waals surface area contributed by atoms with Crippen LogP contribution in [0.1, 0.15) is 120 Å². The van der Waals surface area contributed by atoms with Crippen molar-refractivity contribution in [3.63, 3.8) is 0 Å². The predicted molar refractivity (Wildman–Crippen MR) is 135 cm³/mol. The number of carbonyl (C=O) groups is 2. The van der Waals surface area contributed by atoms with Gasteiger partial charge >= 0.3 is 11.9 Å². The first kappa shape index (κ1) is 24.5. The molecule has 2 aliphatic carbocycles. The van der Waals surface area contributed by atoms with Crippen molar-refractivity contribution in [1.82, 2.24) is 0 Å². The molecule has 0 aromatic heterocycles. The first-order chi connectivity index (χ1) is 16.4. The molecule has 2 saturated carbocycles. The molecule has 2 fully saturated rings. The molecular weight excluding hydrogens is 424 g/mol. The molecule has 2 aromatic carbocycles. The molecule has 4 nitrogen and oxygen atoms in total. The van der Waals surface area contributed by atoms with Gasteiger partial charge in [-0.1, -0.05) is 63.8 Å². The standard InChI is InChI=1S/C30H38O4/c1-3-7-19-11-13-25(29(31)32)27(17-19)23-15-16-24(22-10-6-5-9-21(22)23)28-18-20(8-4-2)12-14-26(28)30(33)34/h11-14,17-18,21-24H,3-10,15-16H2,1-2H3,(H,31,32)(H,33,34)/t21?,22?,23-,24-/m0/s1. The molecule has 4 heteroatoms. The third kappa shape index (κ3) is 4.92. The molecule has 2 aliphatic rings. The van der Waals surface area contributed by atoms with Gasteiger partial charge in [-0.3, -0.25) is 0 Å². The summed E-state index contributed by atoms with van der Waals surface area (Å²) in [6.07, 6.45) is 10.4. The van der Waals surface area contributed by atoms with Crippen LogP contribution in [0.5, 0.6) is 0 Å². The maximum absolute atomic E-state index is 12.1. The van der Waals surface area contributed by atoms with Gasteiger partial charge in [0.15, 0.2) is 0 Å². The lowest BCUT2D eigenvalue weighted by Gasteiger charge is -2.47. The fourth-order valence-corrected chi connectivity index (χ4v) is 6.86. The average Bonchev–Trinajstić information content (AvgIpc) is 2.83. The molecule has 0 radical (unpaired) electrons. The summed E-state index contributed by atoms with van der Waals surface area (Å²) in [5.74, 6) is -0.410. The van der Waals surface area contributed by atoms with Crippen molar-refractivity contribution in [2.24, 2.45) is 11.8 Å². The highest BCUT2D eigenvalue weighted by atomic mass is 16.4. The lowest BCUT2D eigenvalue weighted by molar-refractivity contribution is 0.0673. The van der Waals surface area contributed by atoms with Crippen molar-refractivity contribution in [2.75, 3.05) is 0 Å². The number of benzene rings is 2. The number of carboxylic acid groups (broad SMARTS) is 2. The number of fused-ring (bicyclic) bond motifs is 1. The Morgan fingerprint density at radius 3 is 1.47 bits per heavy atom. The van der Waals surface area contributed by atoms with Gasteiger partial charge < -0.3 is 10.2 Å². The van der Waals surface area contributed by atoms with Gasteiger partial charge in [0.05, 0.1) is 11.1 Å². The van der Waals surface area contributed by atoms with Crippen LogP contribution in [0.3, 0.4) is 0 Å². The van der Waals surface area contributed by atoms with Crippen molar-refractivity contribution in [3.8, 4) is 0 Å². The highest BCUT2D eigenvalue weighted by molar-refractivity contribution is 5.90. The largest absolute Gasteiger partial charge is 0.478 e. The molecule has 2 unspecified atom stereocenters. The van der Waals surface area contributed by atoms with Gasteiger partial charge in [0.25, 0.3) is 0 Å². The van der Waals surface area contributed by atoms with E-state index in [-0.39, 0.29) is 11.8 Å². The fourth-order valence-electron chi connectivity index (χ4n) is 6.86. The van der Waals surface area contributed by atoms with Crippen LogP contribution in [0.15, 0.2) is 36.4 Å². The highest BCUT2D eigenvalue weighted by Crippen LogP contribution is 2.55. The number of hydrogen-bond donors (Lipinski definition) is 2. The number of rotatable bonds is 8. The van der Waals surface area contributed by atoms with Gasteiger partial charge in [-0.05, 0) is 96.6 Å². The monoisotopic (exact) mass is 462 g/mol. The zero-order valence-corrected chi connectivity index (χ0v) is 20.6. The Bertz CT molecular complexity index is 957. The normalized spacial score (nSPS) is 24.4. The maximum Gasteiger partial charge on any atom is 0.335 e. The first-order valence-corrected chi connectivity index (χ1v) is 13.2. The quantitative estimate of drug-likeness (QED) is 0.427. The van der Waals surface area contributed by atoms with E-state index in [0.717, 1.165) is 62.5 Å². The molecule has 2 aromatic rings. The number of hydrogen-bond acceptors (Lipinski definition) is 2. The Labute approximate surface area is 203 Å². The second kappa shape index (κ2) is 10.8. The smallest absolute Gasteiger partial charge is 0.335 e. The summed E-state index contributed by atoms with van der Waals surface area (Å²) >= 11 is 0. The number of aromatic carboxylic acids is 2. The van der Waals surface area contributed by atoms with Crippen LogP contribution in [0.25, 0.3) is 0 Å². The fraction of sp³-hybridized carbons (Fsp3) is 0.533. The lowest BCUT2D eigenvalue weighted by Crippen LogP contribution is -2.36. The van der Waals surface area contributed by atoms with E-state index in [1.165, 1.54) is 24.0 Å². The van der Waals surface area contributed by atoms with E-state index in [1.54, 1.807) is 0 Å². The first-order valence-electron chi connectivity index (χ1n) is 13.2. The van der Waals surface area contributed by atoms with Gasteiger partial charge in [-0.15, -0.1) is 0 Å². The minimum absolute atomic E-state index is 0.233. The molecule has 4 rings (SSSR count). The van der Waals surface area contributed by atoms with Crippen molar-refractivity contribution < 1.29 is 19.8 Å². The SMILES string of the molecule is CCCc1ccc(C(=O)O)c([C@H]2CC[C@H](c3cc(CCC)ccc3C(=O)O)C3CCCCC32)c1. The van der Waals surface area contributed by atoms with Gasteiger partial charge in [-0.2, -0.15) is 0 Å². The van der Waals surface area contributed by atoms with Crippen LogP contribution in [0.2, 0.25) is 0 Å². The minimum atomic E-state index is -0.840. The van der Waals surface area contributed by atoms with E-state index >= 15 is 0 Å². The van der Waals surface area contributed by atoms with Crippen molar-refractivity contribution in [1.29, 1.82) is 0 Å². The summed E-state index contributed by atoms with van der Waals surface area (Å²) in [4.78, 5) is 24.3. The summed E-state index contributed by atoms with van der Waals surface area (Å²) in [5.41, 5.74) is 5.35. The van der Waals surface area contributed by atoms with E-state index in [9.17, 15) is 19.8 Å². The second-order valence-electron chi connectivity index (χ2n) is 10.4. The van der Waals surface area contributed by atoms with E-state index in [1.807, 2.05) is 24.3 Å². The number of carboxylic acids is 2. The second-order valence-corrected chi connectivity index (χ2v) is 10.4. The van der Waals surface area contributed by atoms with Gasteiger partial charge in [0, 0.05) is 0 Å². The highest BCUT2D eigenvalue weighted by Gasteiger charge is 2.43. The van der Waals surface area contributed by atoms with Crippen molar-refractivity contribution in [3.05, 3.63) is 69.8 Å². The molecule has 34 heavy (non-hydrogen) atoms. The zero-order valence-electron chi connectivity index (χ0n) is 20.6. The molecule has 182 valence electrons. The van der Waals surface area contributed by atoms with Gasteiger partial charge in [-0.25, -0.2) is 9.59 Å². The van der Waals surface area contributed by atoms with Gasteiger partial charge in [0.2, 0.25) is 0 Å². The van der Waals surface area contributed by atoms with E-state index < -0.39 is 11.9 Å². The molecule has 4 atom stereocenters. The maximum atomic E-state index is 12.1. The minimum Gasteiger partial charge on any atom is -0.478 e. The Morgan fingerprint density at radius 2 is 1.12 bits per heavy atom. The summed E-state index contributed by atoms with van der Waals surface area (Å²) in [6, 6.07) is 11.9. The van der Waals surface area contributed by atoms with E-state index in [2.05, 4.69) is 26.0 Å². The third-order valence-corrected chi connectivity index (χ3v) is 8.27. The van der Waals surface area contributed by atoms with Crippen LogP contribution >= 0.6 is 0 Å². The van der Waals surface area contributed by atoms with Crippen LogP contribution < -0.4 is 0 Å². The van der Waals surface area contributed by atoms with Gasteiger partial charge in [0.1, 0.15) is 0 Å². The Balaban J connectivity index is 1.73. The molecule has 0 heterocycles. The van der Waals surface area contributed by atoms with Crippen LogP contribution in [-0.2, 0) is 12.8 Å². The molecular formula is C30H38O4. The van der Waals surface area contributed by atoms with E-state index in [4.69, 9.17) is 0 Å². The lowest BCUT2D eigenvalue weighted by atomic mass is 9.57. The number of aryl methyl sites for hydroxylation is 2. The topological polar surface area (TPSA) is 74.6 Å². The summed E-state index contributed by atoms with van der Waals surface area (Å²) in [6.45, 7) is 4.31.